The van der Waals surface area contributed by atoms with Gasteiger partial charge in [-0.1, -0.05) is 12.1 Å². The summed E-state index contributed by atoms with van der Waals surface area (Å²) in [7, 11) is 0. The average Bonchev–Trinajstić information content (AvgIpc) is 2.45. The number of hydrogen-bond donors (Lipinski definition) is 1. The summed E-state index contributed by atoms with van der Waals surface area (Å²) >= 11 is 0. The fourth-order valence-electron chi connectivity index (χ4n) is 3.30. The standard InChI is InChI=1S/C14H21F3N2O2/c1-9-8-19(7-6-12(9)18-21)13(20)10-2-4-11(5-3-10)14(15,16)17/h9-11,21H,2-8H2,1H3. The highest BCUT2D eigenvalue weighted by molar-refractivity contribution is 5.89. The van der Waals surface area contributed by atoms with Gasteiger partial charge in [0.2, 0.25) is 5.91 Å². The molecular weight excluding hydrogens is 285 g/mol. The predicted molar refractivity (Wildman–Crippen MR) is 71.1 cm³/mol. The molecule has 0 spiro atoms. The van der Waals surface area contributed by atoms with Crippen molar-refractivity contribution >= 4 is 11.6 Å². The summed E-state index contributed by atoms with van der Waals surface area (Å²) in [6.45, 7) is 2.86. The van der Waals surface area contributed by atoms with E-state index in [4.69, 9.17) is 5.21 Å². The highest BCUT2D eigenvalue weighted by atomic mass is 19.4. The van der Waals surface area contributed by atoms with Crippen LogP contribution in [-0.2, 0) is 4.79 Å². The van der Waals surface area contributed by atoms with E-state index in [9.17, 15) is 18.0 Å². The normalized spacial score (nSPS) is 33.2. The van der Waals surface area contributed by atoms with Gasteiger partial charge in [-0.3, -0.25) is 4.79 Å². The molecular formula is C14H21F3N2O2. The van der Waals surface area contributed by atoms with E-state index in [-0.39, 0.29) is 30.6 Å². The van der Waals surface area contributed by atoms with Gasteiger partial charge in [-0.25, -0.2) is 0 Å². The fourth-order valence-corrected chi connectivity index (χ4v) is 3.30. The molecule has 1 amide bonds. The number of nitrogens with zero attached hydrogens (tertiary/aromatic N) is 2. The lowest BCUT2D eigenvalue weighted by Gasteiger charge is -2.36. The van der Waals surface area contributed by atoms with Crippen molar-refractivity contribution in [1.82, 2.24) is 4.90 Å². The largest absolute Gasteiger partial charge is 0.411 e. The van der Waals surface area contributed by atoms with E-state index in [0.717, 1.165) is 0 Å². The van der Waals surface area contributed by atoms with Gasteiger partial charge in [-0.2, -0.15) is 13.2 Å². The van der Waals surface area contributed by atoms with Crippen LogP contribution in [0.3, 0.4) is 0 Å². The Morgan fingerprint density at radius 2 is 1.90 bits per heavy atom. The van der Waals surface area contributed by atoms with Gasteiger partial charge in [0.05, 0.1) is 11.6 Å². The molecule has 4 nitrogen and oxygen atoms in total. The van der Waals surface area contributed by atoms with Crippen LogP contribution < -0.4 is 0 Å². The molecule has 0 aromatic carbocycles. The second kappa shape index (κ2) is 6.23. The zero-order chi connectivity index (χ0) is 15.6. The van der Waals surface area contributed by atoms with Crippen molar-refractivity contribution < 1.29 is 23.2 Å². The monoisotopic (exact) mass is 306 g/mol. The smallest absolute Gasteiger partial charge is 0.391 e. The van der Waals surface area contributed by atoms with Crippen molar-refractivity contribution in [3.8, 4) is 0 Å². The third-order valence-corrected chi connectivity index (χ3v) is 4.68. The third-order valence-electron chi connectivity index (χ3n) is 4.68. The number of carbonyl (C=O) groups is 1. The molecule has 0 bridgehead atoms. The molecule has 1 heterocycles. The number of alkyl halides is 3. The maximum absolute atomic E-state index is 12.6. The van der Waals surface area contributed by atoms with Crippen molar-refractivity contribution in [1.29, 1.82) is 0 Å². The van der Waals surface area contributed by atoms with Crippen LogP contribution in [0.15, 0.2) is 5.16 Å². The highest BCUT2D eigenvalue weighted by Gasteiger charge is 2.43. The van der Waals surface area contributed by atoms with Crippen LogP contribution in [0.1, 0.15) is 39.0 Å². The molecule has 21 heavy (non-hydrogen) atoms. The van der Waals surface area contributed by atoms with E-state index < -0.39 is 12.1 Å². The first-order chi connectivity index (χ1) is 9.82. The topological polar surface area (TPSA) is 52.9 Å². The van der Waals surface area contributed by atoms with Gasteiger partial charge in [-0.15, -0.1) is 0 Å². The van der Waals surface area contributed by atoms with Gasteiger partial charge in [0.1, 0.15) is 0 Å². The fraction of sp³-hybridized carbons (Fsp3) is 0.857. The molecule has 1 aliphatic heterocycles. The Kier molecular flexibility index (Phi) is 4.78. The molecule has 1 unspecified atom stereocenters. The summed E-state index contributed by atoms with van der Waals surface area (Å²) in [5.74, 6) is -1.59. The summed E-state index contributed by atoms with van der Waals surface area (Å²) in [6, 6.07) is 0. The lowest BCUT2D eigenvalue weighted by Crippen LogP contribution is -2.46. The lowest BCUT2D eigenvalue weighted by molar-refractivity contribution is -0.185. The summed E-state index contributed by atoms with van der Waals surface area (Å²) in [4.78, 5) is 14.1. The maximum Gasteiger partial charge on any atom is 0.391 e. The molecule has 0 aromatic rings. The van der Waals surface area contributed by atoms with E-state index >= 15 is 0 Å². The predicted octanol–water partition coefficient (Wildman–Crippen LogP) is 3.05. The van der Waals surface area contributed by atoms with Crippen molar-refractivity contribution in [3.63, 3.8) is 0 Å². The molecule has 1 aliphatic carbocycles. The van der Waals surface area contributed by atoms with E-state index in [0.29, 0.717) is 38.1 Å². The second-order valence-electron chi connectivity index (χ2n) is 6.12. The number of oxime groups is 1. The van der Waals surface area contributed by atoms with E-state index in [1.807, 2.05) is 6.92 Å². The first-order valence-corrected chi connectivity index (χ1v) is 7.39. The van der Waals surface area contributed by atoms with E-state index in [1.54, 1.807) is 4.90 Å². The molecule has 1 N–H and O–H groups in total. The van der Waals surface area contributed by atoms with Crippen molar-refractivity contribution in [2.24, 2.45) is 22.9 Å². The molecule has 1 saturated carbocycles. The number of halogens is 3. The second-order valence-corrected chi connectivity index (χ2v) is 6.12. The summed E-state index contributed by atoms with van der Waals surface area (Å²) < 4.78 is 37.9. The minimum Gasteiger partial charge on any atom is -0.411 e. The maximum atomic E-state index is 12.6. The van der Waals surface area contributed by atoms with Crippen LogP contribution >= 0.6 is 0 Å². The Balaban J connectivity index is 1.88. The van der Waals surface area contributed by atoms with Crippen molar-refractivity contribution in [3.05, 3.63) is 0 Å². The number of likely N-dealkylation sites (tertiary alicyclic amines) is 1. The molecule has 2 rings (SSSR count). The van der Waals surface area contributed by atoms with Crippen LogP contribution in [0.5, 0.6) is 0 Å². The van der Waals surface area contributed by atoms with Crippen LogP contribution in [-0.4, -0.2) is 41.0 Å². The van der Waals surface area contributed by atoms with Crippen LogP contribution in [0.4, 0.5) is 13.2 Å². The Morgan fingerprint density at radius 3 is 2.38 bits per heavy atom. The molecule has 1 saturated heterocycles. The van der Waals surface area contributed by atoms with Gasteiger partial charge in [-0.05, 0) is 25.7 Å². The summed E-state index contributed by atoms with van der Waals surface area (Å²) in [5, 5.41) is 12.0. The number of amides is 1. The Morgan fingerprint density at radius 1 is 1.29 bits per heavy atom. The van der Waals surface area contributed by atoms with Crippen LogP contribution in [0.25, 0.3) is 0 Å². The Labute approximate surface area is 122 Å². The molecule has 2 aliphatic rings. The number of carbonyl (C=O) groups excluding carboxylic acids is 1. The van der Waals surface area contributed by atoms with E-state index in [1.165, 1.54) is 0 Å². The zero-order valence-electron chi connectivity index (χ0n) is 12.1. The zero-order valence-corrected chi connectivity index (χ0v) is 12.1. The van der Waals surface area contributed by atoms with Crippen molar-refractivity contribution in [2.45, 2.75) is 45.2 Å². The average molecular weight is 306 g/mol. The molecule has 1 atom stereocenters. The van der Waals surface area contributed by atoms with Gasteiger partial charge >= 0.3 is 6.18 Å². The summed E-state index contributed by atoms with van der Waals surface area (Å²) in [6.07, 6.45) is -2.88. The van der Waals surface area contributed by atoms with Gasteiger partial charge in [0.25, 0.3) is 0 Å². The minimum absolute atomic E-state index is 0.000728. The van der Waals surface area contributed by atoms with Gasteiger partial charge in [0, 0.05) is 31.3 Å². The Bertz CT molecular complexity index is 415. The molecule has 7 heteroatoms. The number of hydrogen-bond acceptors (Lipinski definition) is 3. The molecule has 0 aromatic heterocycles. The molecule has 120 valence electrons. The van der Waals surface area contributed by atoms with Gasteiger partial charge in [0.15, 0.2) is 0 Å². The third kappa shape index (κ3) is 3.68. The number of rotatable bonds is 1. The minimum atomic E-state index is -4.14. The van der Waals surface area contributed by atoms with Crippen LogP contribution in [0.2, 0.25) is 0 Å². The molecule has 2 fully saturated rings. The van der Waals surface area contributed by atoms with Gasteiger partial charge < -0.3 is 10.1 Å². The SMILES string of the molecule is CC1CN(C(=O)C2CCC(C(F)(F)F)CC2)CCC1=NO. The number of piperidine rings is 1. The highest BCUT2D eigenvalue weighted by Crippen LogP contribution is 2.40. The molecule has 0 radical (unpaired) electrons. The van der Waals surface area contributed by atoms with Crippen molar-refractivity contribution in [2.75, 3.05) is 13.1 Å². The first-order valence-electron chi connectivity index (χ1n) is 7.39. The Hall–Kier alpha value is -1.27. The lowest BCUT2D eigenvalue weighted by atomic mass is 9.80. The quantitative estimate of drug-likeness (QED) is 0.598. The first kappa shape index (κ1) is 16.1. The van der Waals surface area contributed by atoms with E-state index in [2.05, 4.69) is 5.16 Å². The summed E-state index contributed by atoms with van der Waals surface area (Å²) in [5.41, 5.74) is 0.680. The van der Waals surface area contributed by atoms with Crippen LogP contribution in [0, 0.1) is 17.8 Å².